The molecule has 0 aliphatic carbocycles. The molecule has 2 aromatic carbocycles. The van der Waals surface area contributed by atoms with Gasteiger partial charge in [0, 0.05) is 17.2 Å². The van der Waals surface area contributed by atoms with Crippen molar-refractivity contribution in [1.29, 1.82) is 0 Å². The van der Waals surface area contributed by atoms with E-state index in [2.05, 4.69) is 48.3 Å². The average Bonchev–Trinajstić information content (AvgIpc) is 2.55. The molecule has 0 N–H and O–H groups in total. The maximum Gasteiger partial charge on any atom is 0.178 e. The van der Waals surface area contributed by atoms with Crippen molar-refractivity contribution in [2.24, 2.45) is 0 Å². The van der Waals surface area contributed by atoms with E-state index in [-0.39, 0.29) is 5.78 Å². The highest BCUT2D eigenvalue weighted by Crippen LogP contribution is 2.26. The highest BCUT2D eigenvalue weighted by Gasteiger charge is 2.05. The number of pyridine rings is 1. The number of fused-ring (bicyclic) bond motifs is 1. The third kappa shape index (κ3) is 3.04. The van der Waals surface area contributed by atoms with Gasteiger partial charge < -0.3 is 0 Å². The number of nitrogens with zero attached hydrogens (tertiary/aromatic N) is 1. The second-order valence-corrected chi connectivity index (χ2v) is 6.45. The van der Waals surface area contributed by atoms with Crippen LogP contribution in [0.15, 0.2) is 59.5 Å². The lowest BCUT2D eigenvalue weighted by molar-refractivity contribution is 0.101. The number of ketones is 1. The molecule has 0 aliphatic heterocycles. The number of benzene rings is 2. The SMILES string of the molecule is CCSc1ccc(-c2ccc3nc(C(C)=O)ccc3c2)cc1. The molecule has 1 heterocycles. The zero-order valence-electron chi connectivity index (χ0n) is 12.7. The molecule has 0 saturated heterocycles. The van der Waals surface area contributed by atoms with Gasteiger partial charge in [0.25, 0.3) is 0 Å². The minimum absolute atomic E-state index is 0.00464. The fraction of sp³-hybridized carbons (Fsp3) is 0.158. The van der Waals surface area contributed by atoms with Crippen LogP contribution in [0.1, 0.15) is 24.3 Å². The first kappa shape index (κ1) is 14.8. The number of hydrogen-bond acceptors (Lipinski definition) is 3. The number of carbonyl (C=O) groups excluding carboxylic acids is 1. The predicted octanol–water partition coefficient (Wildman–Crippen LogP) is 5.22. The van der Waals surface area contributed by atoms with E-state index in [9.17, 15) is 4.79 Å². The Morgan fingerprint density at radius 2 is 1.73 bits per heavy atom. The van der Waals surface area contributed by atoms with Crippen LogP contribution in [0, 0.1) is 0 Å². The summed E-state index contributed by atoms with van der Waals surface area (Å²) >= 11 is 1.84. The first-order valence-corrected chi connectivity index (χ1v) is 8.31. The summed E-state index contributed by atoms with van der Waals surface area (Å²) in [4.78, 5) is 17.1. The van der Waals surface area contributed by atoms with Gasteiger partial charge >= 0.3 is 0 Å². The van der Waals surface area contributed by atoms with Gasteiger partial charge in [0.2, 0.25) is 0 Å². The van der Waals surface area contributed by atoms with Crippen LogP contribution in [0.3, 0.4) is 0 Å². The summed E-state index contributed by atoms with van der Waals surface area (Å²) in [5.74, 6) is 1.08. The maximum atomic E-state index is 11.4. The minimum Gasteiger partial charge on any atom is -0.293 e. The molecule has 0 bridgehead atoms. The second kappa shape index (κ2) is 6.32. The maximum absolute atomic E-state index is 11.4. The van der Waals surface area contributed by atoms with E-state index < -0.39 is 0 Å². The van der Waals surface area contributed by atoms with Crippen molar-refractivity contribution in [2.45, 2.75) is 18.7 Å². The van der Waals surface area contributed by atoms with Crippen molar-refractivity contribution in [2.75, 3.05) is 5.75 Å². The van der Waals surface area contributed by atoms with Gasteiger partial charge in [-0.25, -0.2) is 4.98 Å². The summed E-state index contributed by atoms with van der Waals surface area (Å²) in [7, 11) is 0. The number of carbonyl (C=O) groups is 1. The third-order valence-electron chi connectivity index (χ3n) is 3.55. The van der Waals surface area contributed by atoms with Crippen molar-refractivity contribution in [3.63, 3.8) is 0 Å². The molecule has 0 saturated carbocycles. The summed E-state index contributed by atoms with van der Waals surface area (Å²) < 4.78 is 0. The number of rotatable bonds is 4. The van der Waals surface area contributed by atoms with Crippen molar-refractivity contribution >= 4 is 28.4 Å². The summed E-state index contributed by atoms with van der Waals surface area (Å²) in [5, 5.41) is 1.05. The van der Waals surface area contributed by atoms with E-state index in [1.807, 2.05) is 23.9 Å². The second-order valence-electron chi connectivity index (χ2n) is 5.12. The highest BCUT2D eigenvalue weighted by molar-refractivity contribution is 7.99. The molecule has 0 unspecified atom stereocenters. The molecule has 110 valence electrons. The first-order chi connectivity index (χ1) is 10.7. The normalized spacial score (nSPS) is 10.8. The molecule has 0 aliphatic rings. The Hall–Kier alpha value is -2.13. The van der Waals surface area contributed by atoms with Crippen LogP contribution in [0.25, 0.3) is 22.0 Å². The molecule has 3 aromatic rings. The predicted molar refractivity (Wildman–Crippen MR) is 93.6 cm³/mol. The molecule has 0 atom stereocenters. The molecule has 3 heteroatoms. The third-order valence-corrected chi connectivity index (χ3v) is 4.44. The Bertz CT molecular complexity index is 824. The van der Waals surface area contributed by atoms with Gasteiger partial charge in [-0.3, -0.25) is 4.79 Å². The lowest BCUT2D eigenvalue weighted by Crippen LogP contribution is -1.96. The molecule has 3 rings (SSSR count). The van der Waals surface area contributed by atoms with E-state index in [0.29, 0.717) is 5.69 Å². The fourth-order valence-electron chi connectivity index (χ4n) is 2.41. The fourth-order valence-corrected chi connectivity index (χ4v) is 3.07. The van der Waals surface area contributed by atoms with Crippen molar-refractivity contribution < 1.29 is 4.79 Å². The zero-order chi connectivity index (χ0) is 15.5. The molecular weight excluding hydrogens is 290 g/mol. The van der Waals surface area contributed by atoms with E-state index in [1.54, 1.807) is 13.0 Å². The van der Waals surface area contributed by atoms with Crippen LogP contribution in [0.2, 0.25) is 0 Å². The van der Waals surface area contributed by atoms with Crippen LogP contribution in [-0.4, -0.2) is 16.5 Å². The van der Waals surface area contributed by atoms with E-state index in [4.69, 9.17) is 0 Å². The largest absolute Gasteiger partial charge is 0.293 e. The molecule has 0 radical (unpaired) electrons. The zero-order valence-corrected chi connectivity index (χ0v) is 13.5. The van der Waals surface area contributed by atoms with E-state index in [1.165, 1.54) is 10.5 Å². The molecule has 0 fully saturated rings. The van der Waals surface area contributed by atoms with E-state index >= 15 is 0 Å². The highest BCUT2D eigenvalue weighted by atomic mass is 32.2. The van der Waals surface area contributed by atoms with Gasteiger partial charge in [0.05, 0.1) is 5.52 Å². The Labute approximate surface area is 134 Å². The molecule has 22 heavy (non-hydrogen) atoms. The molecule has 1 aromatic heterocycles. The van der Waals surface area contributed by atoms with Gasteiger partial charge in [-0.1, -0.05) is 31.2 Å². The van der Waals surface area contributed by atoms with Crippen molar-refractivity contribution in [3.05, 3.63) is 60.3 Å². The quantitative estimate of drug-likeness (QED) is 0.489. The number of aromatic nitrogens is 1. The standard InChI is InChI=1S/C19H17NOS/c1-3-22-17-8-4-14(5-9-17)15-6-11-19-16(12-15)7-10-18(20-19)13(2)21/h4-12H,3H2,1-2H3. The van der Waals surface area contributed by atoms with Gasteiger partial charge in [0.1, 0.15) is 5.69 Å². The number of hydrogen-bond donors (Lipinski definition) is 0. The summed E-state index contributed by atoms with van der Waals surface area (Å²) in [6, 6.07) is 18.5. The minimum atomic E-state index is -0.00464. The molecule has 0 spiro atoms. The summed E-state index contributed by atoms with van der Waals surface area (Å²) in [5.41, 5.74) is 3.73. The average molecular weight is 307 g/mol. The van der Waals surface area contributed by atoms with E-state index in [0.717, 1.165) is 22.2 Å². The number of thioether (sulfide) groups is 1. The van der Waals surface area contributed by atoms with Crippen LogP contribution in [0.4, 0.5) is 0 Å². The van der Waals surface area contributed by atoms with Gasteiger partial charge in [-0.05, 0) is 47.2 Å². The number of Topliss-reactive ketones (excluding diaryl/α,β-unsaturated/α-hetero) is 1. The monoisotopic (exact) mass is 307 g/mol. The van der Waals surface area contributed by atoms with Crippen LogP contribution < -0.4 is 0 Å². The topological polar surface area (TPSA) is 30.0 Å². The van der Waals surface area contributed by atoms with Crippen molar-refractivity contribution in [3.8, 4) is 11.1 Å². The summed E-state index contributed by atoms with van der Waals surface area (Å²) in [6.07, 6.45) is 0. The Kier molecular flexibility index (Phi) is 4.25. The van der Waals surface area contributed by atoms with Gasteiger partial charge in [-0.15, -0.1) is 11.8 Å². The van der Waals surface area contributed by atoms with Crippen LogP contribution in [-0.2, 0) is 0 Å². The molecule has 2 nitrogen and oxygen atoms in total. The molecular formula is C19H17NOS. The molecule has 0 amide bonds. The Morgan fingerprint density at radius 1 is 1.00 bits per heavy atom. The van der Waals surface area contributed by atoms with Crippen molar-refractivity contribution in [1.82, 2.24) is 4.98 Å². The van der Waals surface area contributed by atoms with Crippen LogP contribution in [0.5, 0.6) is 0 Å². The van der Waals surface area contributed by atoms with Gasteiger partial charge in [0.15, 0.2) is 5.78 Å². The first-order valence-electron chi connectivity index (χ1n) is 7.32. The Morgan fingerprint density at radius 3 is 2.41 bits per heavy atom. The van der Waals surface area contributed by atoms with Gasteiger partial charge in [-0.2, -0.15) is 0 Å². The lowest BCUT2D eigenvalue weighted by atomic mass is 10.0. The lowest BCUT2D eigenvalue weighted by Gasteiger charge is -2.06. The van der Waals surface area contributed by atoms with Crippen LogP contribution >= 0.6 is 11.8 Å². The smallest absolute Gasteiger partial charge is 0.178 e. The summed E-state index contributed by atoms with van der Waals surface area (Å²) in [6.45, 7) is 3.70. The Balaban J connectivity index is 1.97.